The number of likely N-dealkylation sites (tertiary alicyclic amines) is 1. The number of hydrazine groups is 1. The van der Waals surface area contributed by atoms with Crippen molar-refractivity contribution in [3.8, 4) is 11.4 Å². The van der Waals surface area contributed by atoms with Crippen molar-refractivity contribution in [3.63, 3.8) is 0 Å². The smallest absolute Gasteiger partial charge is 0.393 e. The second-order valence-electron chi connectivity index (χ2n) is 11.7. The number of pyridine rings is 1. The number of H-pyrrole nitrogens is 1. The number of allylic oxidation sites excluding steroid dienone is 2. The number of amidine groups is 1. The Labute approximate surface area is 235 Å². The van der Waals surface area contributed by atoms with E-state index < -0.39 is 12.6 Å². The highest BCUT2D eigenvalue weighted by Gasteiger charge is 2.51. The molecule has 0 aliphatic carbocycles. The van der Waals surface area contributed by atoms with Crippen LogP contribution in [-0.2, 0) is 15.9 Å². The van der Waals surface area contributed by atoms with Gasteiger partial charge in [0.25, 0.3) is 0 Å². The number of nitrogens with zero attached hydrogens (tertiary/aromatic N) is 6. The maximum absolute atomic E-state index is 13.7. The number of anilines is 1. The molecule has 0 amide bonds. The highest BCUT2D eigenvalue weighted by molar-refractivity contribution is 6.03. The van der Waals surface area contributed by atoms with E-state index >= 15 is 0 Å². The third-order valence-corrected chi connectivity index (χ3v) is 8.61. The standard InChI is InChI=1S/C28H33F3N8O2/c1-40-23-8-19(12-39-26(23)33-17-34-39)24-21(9-28(29,30)31)25(36-35-24)22-3-2-20(10-32-22)38-15-27(16-38)13-37(14-27)11-18-4-6-41-7-5-18/h2-3,8,10,12,18,34H,4-7,9,11,13-17H2,1H3,(H,35,36). The highest BCUT2D eigenvalue weighted by atomic mass is 19.4. The van der Waals surface area contributed by atoms with Crippen molar-refractivity contribution in [3.05, 3.63) is 47.6 Å². The Morgan fingerprint density at radius 3 is 2.66 bits per heavy atom. The fraction of sp³-hybridized carbons (Fsp3) is 0.536. The molecule has 0 atom stereocenters. The van der Waals surface area contributed by atoms with Crippen molar-refractivity contribution in [2.24, 2.45) is 16.3 Å². The van der Waals surface area contributed by atoms with E-state index in [1.165, 1.54) is 7.11 Å². The van der Waals surface area contributed by atoms with Crippen molar-refractivity contribution in [2.45, 2.75) is 25.4 Å². The van der Waals surface area contributed by atoms with Crippen LogP contribution >= 0.6 is 0 Å². The zero-order valence-electron chi connectivity index (χ0n) is 22.9. The summed E-state index contributed by atoms with van der Waals surface area (Å²) in [5.41, 5.74) is 5.76. The molecule has 0 unspecified atom stereocenters. The third kappa shape index (κ3) is 5.10. The van der Waals surface area contributed by atoms with Gasteiger partial charge in [0.15, 0.2) is 11.6 Å². The number of nitrogens with one attached hydrogen (secondary N) is 2. The molecule has 41 heavy (non-hydrogen) atoms. The first kappa shape index (κ1) is 26.5. The molecule has 3 fully saturated rings. The second-order valence-corrected chi connectivity index (χ2v) is 11.7. The molecule has 0 radical (unpaired) electrons. The largest absolute Gasteiger partial charge is 0.493 e. The van der Waals surface area contributed by atoms with E-state index in [9.17, 15) is 13.2 Å². The molecule has 2 N–H and O–H groups in total. The molecule has 10 nitrogen and oxygen atoms in total. The Bertz CT molecular complexity index is 1380. The number of hydrogen-bond acceptors (Lipinski definition) is 9. The van der Waals surface area contributed by atoms with Gasteiger partial charge in [0.2, 0.25) is 0 Å². The zero-order chi connectivity index (χ0) is 28.2. The number of hydrogen-bond donors (Lipinski definition) is 2. The minimum Gasteiger partial charge on any atom is -0.493 e. The monoisotopic (exact) mass is 570 g/mol. The fourth-order valence-electron chi connectivity index (χ4n) is 6.68. The van der Waals surface area contributed by atoms with Gasteiger partial charge in [0, 0.05) is 68.7 Å². The quantitative estimate of drug-likeness (QED) is 0.525. The molecule has 7 heterocycles. The Morgan fingerprint density at radius 2 is 1.95 bits per heavy atom. The van der Waals surface area contributed by atoms with E-state index in [2.05, 4.69) is 35.4 Å². The van der Waals surface area contributed by atoms with Gasteiger partial charge in [0.1, 0.15) is 6.67 Å². The molecule has 5 aliphatic heterocycles. The molecule has 5 aliphatic rings. The van der Waals surface area contributed by atoms with Gasteiger partial charge < -0.3 is 19.3 Å². The minimum atomic E-state index is -4.43. The van der Waals surface area contributed by atoms with Crippen molar-refractivity contribution in [1.82, 2.24) is 30.5 Å². The molecule has 13 heteroatoms. The molecule has 2 aromatic heterocycles. The SMILES string of the molecule is COC1=CC(c2n[nH]c(-c3ccc(N4CC5(CN(CC6CCOCC6)C5)C4)cn3)c2CC(F)(F)F)=CN2NCN=C12. The van der Waals surface area contributed by atoms with Crippen molar-refractivity contribution in [1.29, 1.82) is 0 Å². The summed E-state index contributed by atoms with van der Waals surface area (Å²) in [5.74, 6) is 1.77. The average molecular weight is 571 g/mol. The van der Waals surface area contributed by atoms with Gasteiger partial charge in [-0.25, -0.2) is 10.4 Å². The van der Waals surface area contributed by atoms with Gasteiger partial charge in [-0.15, -0.1) is 0 Å². The molecule has 0 saturated carbocycles. The predicted octanol–water partition coefficient (Wildman–Crippen LogP) is 3.19. The normalized spacial score (nSPS) is 22.6. The van der Waals surface area contributed by atoms with Gasteiger partial charge in [-0.2, -0.15) is 18.3 Å². The lowest BCUT2D eigenvalue weighted by Gasteiger charge is -2.61. The first-order valence-corrected chi connectivity index (χ1v) is 14.0. The third-order valence-electron chi connectivity index (χ3n) is 8.61. The molecular weight excluding hydrogens is 537 g/mol. The summed E-state index contributed by atoms with van der Waals surface area (Å²) in [4.78, 5) is 13.7. The zero-order valence-corrected chi connectivity index (χ0v) is 22.9. The number of aromatic nitrogens is 3. The van der Waals surface area contributed by atoms with Crippen LogP contribution in [0.15, 0.2) is 41.4 Å². The van der Waals surface area contributed by atoms with E-state index in [-0.39, 0.29) is 17.0 Å². The van der Waals surface area contributed by atoms with Gasteiger partial charge in [-0.1, -0.05) is 0 Å². The lowest BCUT2D eigenvalue weighted by atomic mass is 9.72. The molecule has 7 rings (SSSR count). The summed E-state index contributed by atoms with van der Waals surface area (Å²) >= 11 is 0. The van der Waals surface area contributed by atoms with Gasteiger partial charge in [-0.05, 0) is 37.0 Å². The number of alkyl halides is 3. The van der Waals surface area contributed by atoms with E-state index in [4.69, 9.17) is 9.47 Å². The Kier molecular flexibility index (Phi) is 6.55. The summed E-state index contributed by atoms with van der Waals surface area (Å²) < 4.78 is 52.1. The summed E-state index contributed by atoms with van der Waals surface area (Å²) in [7, 11) is 1.50. The number of halogens is 3. The lowest BCUT2D eigenvalue weighted by Crippen LogP contribution is -2.72. The van der Waals surface area contributed by atoms with Crippen LogP contribution in [0.2, 0.25) is 0 Å². The van der Waals surface area contributed by atoms with E-state index in [0.29, 0.717) is 34.9 Å². The van der Waals surface area contributed by atoms with Gasteiger partial charge >= 0.3 is 6.18 Å². The van der Waals surface area contributed by atoms with Crippen LogP contribution in [0.1, 0.15) is 24.1 Å². The number of fused-ring (bicyclic) bond motifs is 1. The van der Waals surface area contributed by atoms with Gasteiger partial charge in [-0.3, -0.25) is 15.1 Å². The van der Waals surface area contributed by atoms with Crippen LogP contribution in [0.4, 0.5) is 18.9 Å². The van der Waals surface area contributed by atoms with Crippen molar-refractivity contribution < 1.29 is 22.6 Å². The Morgan fingerprint density at radius 1 is 1.15 bits per heavy atom. The van der Waals surface area contributed by atoms with Gasteiger partial charge in [0.05, 0.1) is 42.5 Å². The molecule has 2 aromatic rings. The molecular formula is C28H33F3N8O2. The second kappa shape index (κ2) is 10.1. The van der Waals surface area contributed by atoms with Crippen molar-refractivity contribution in [2.75, 3.05) is 64.6 Å². The Hall–Kier alpha value is -3.42. The number of methoxy groups -OCH3 is 1. The molecule has 0 bridgehead atoms. The van der Waals surface area contributed by atoms with Crippen LogP contribution in [0, 0.1) is 11.3 Å². The number of aliphatic imine (C=N–C) groups is 1. The summed E-state index contributed by atoms with van der Waals surface area (Å²) in [6.45, 7) is 7.48. The maximum atomic E-state index is 13.7. The number of ether oxygens (including phenoxy) is 2. The maximum Gasteiger partial charge on any atom is 0.393 e. The number of aromatic amines is 1. The molecule has 3 saturated heterocycles. The predicted molar refractivity (Wildman–Crippen MR) is 147 cm³/mol. The van der Waals surface area contributed by atoms with Crippen LogP contribution in [0.25, 0.3) is 17.0 Å². The topological polar surface area (TPSA) is 94.1 Å². The average Bonchev–Trinajstić information content (AvgIpc) is 3.55. The summed E-state index contributed by atoms with van der Waals surface area (Å²) in [6, 6.07) is 3.71. The minimum absolute atomic E-state index is 0.0391. The number of rotatable bonds is 7. The Balaban J connectivity index is 1.05. The van der Waals surface area contributed by atoms with E-state index in [0.717, 1.165) is 70.4 Å². The first-order valence-electron chi connectivity index (χ1n) is 14.0. The van der Waals surface area contributed by atoms with Crippen molar-refractivity contribution >= 4 is 17.1 Å². The van der Waals surface area contributed by atoms with E-state index in [1.54, 1.807) is 29.5 Å². The summed E-state index contributed by atoms with van der Waals surface area (Å²) in [6.07, 6.45) is 1.83. The molecule has 0 aromatic carbocycles. The highest BCUT2D eigenvalue weighted by Crippen LogP contribution is 2.43. The van der Waals surface area contributed by atoms with Crippen LogP contribution in [-0.4, -0.2) is 96.8 Å². The van der Waals surface area contributed by atoms with E-state index in [1.807, 2.05) is 6.07 Å². The molecule has 1 spiro atoms. The summed E-state index contributed by atoms with van der Waals surface area (Å²) in [5, 5.41) is 8.77. The lowest BCUT2D eigenvalue weighted by molar-refractivity contribution is -0.127. The molecule has 218 valence electrons. The van der Waals surface area contributed by atoms with Crippen LogP contribution in [0.3, 0.4) is 0 Å². The fourth-order valence-corrected chi connectivity index (χ4v) is 6.68. The van der Waals surface area contributed by atoms with Crippen LogP contribution in [0.5, 0.6) is 0 Å². The van der Waals surface area contributed by atoms with Crippen LogP contribution < -0.4 is 10.3 Å². The first-order chi connectivity index (χ1) is 19.8.